The van der Waals surface area contributed by atoms with Crippen LogP contribution in [-0.4, -0.2) is 17.4 Å². The standard InChI is InChI=1S/C14H9FO3/c15-10-5-6-12(13(7-10)14(17)18)11-4-2-1-3-9(11)8-16/h1-8H,(H,17,18). The summed E-state index contributed by atoms with van der Waals surface area (Å²) in [7, 11) is 0. The van der Waals surface area contributed by atoms with Crippen LogP contribution >= 0.6 is 0 Å². The Morgan fingerprint density at radius 3 is 2.50 bits per heavy atom. The Morgan fingerprint density at radius 1 is 1.11 bits per heavy atom. The number of benzene rings is 2. The van der Waals surface area contributed by atoms with Gasteiger partial charge < -0.3 is 5.11 Å². The second kappa shape index (κ2) is 4.79. The van der Waals surface area contributed by atoms with E-state index in [2.05, 4.69) is 0 Å². The summed E-state index contributed by atoms with van der Waals surface area (Å²) < 4.78 is 13.1. The number of carboxylic acid groups (broad SMARTS) is 1. The SMILES string of the molecule is O=Cc1ccccc1-c1ccc(F)cc1C(=O)O. The smallest absolute Gasteiger partial charge is 0.336 e. The maximum Gasteiger partial charge on any atom is 0.336 e. The van der Waals surface area contributed by atoms with Gasteiger partial charge in [-0.2, -0.15) is 0 Å². The van der Waals surface area contributed by atoms with Gasteiger partial charge in [-0.25, -0.2) is 9.18 Å². The second-order valence-corrected chi connectivity index (χ2v) is 3.70. The fourth-order valence-electron chi connectivity index (χ4n) is 1.77. The molecule has 0 bridgehead atoms. The van der Waals surface area contributed by atoms with E-state index in [1.165, 1.54) is 12.1 Å². The lowest BCUT2D eigenvalue weighted by molar-refractivity contribution is 0.0697. The fraction of sp³-hybridized carbons (Fsp3) is 0. The number of carbonyl (C=O) groups excluding carboxylic acids is 1. The van der Waals surface area contributed by atoms with Gasteiger partial charge in [-0.15, -0.1) is 0 Å². The van der Waals surface area contributed by atoms with Gasteiger partial charge in [0, 0.05) is 5.56 Å². The molecule has 18 heavy (non-hydrogen) atoms. The molecule has 0 aromatic heterocycles. The first-order chi connectivity index (χ1) is 8.63. The van der Waals surface area contributed by atoms with Gasteiger partial charge in [0.15, 0.2) is 6.29 Å². The lowest BCUT2D eigenvalue weighted by Crippen LogP contribution is -2.01. The van der Waals surface area contributed by atoms with Gasteiger partial charge in [0.25, 0.3) is 0 Å². The predicted octanol–water partition coefficient (Wildman–Crippen LogP) is 3.00. The minimum Gasteiger partial charge on any atom is -0.478 e. The van der Waals surface area contributed by atoms with Crippen molar-refractivity contribution in [1.29, 1.82) is 0 Å². The van der Waals surface area contributed by atoms with Crippen molar-refractivity contribution in [3.63, 3.8) is 0 Å². The Kier molecular flexibility index (Phi) is 3.19. The molecule has 2 aromatic rings. The van der Waals surface area contributed by atoms with E-state index >= 15 is 0 Å². The van der Waals surface area contributed by atoms with E-state index in [0.717, 1.165) is 6.07 Å². The summed E-state index contributed by atoms with van der Waals surface area (Å²) in [5.41, 5.74) is 1.01. The number of aromatic carboxylic acids is 1. The highest BCUT2D eigenvalue weighted by Gasteiger charge is 2.14. The summed E-state index contributed by atoms with van der Waals surface area (Å²) in [6.07, 6.45) is 0.643. The third-order valence-electron chi connectivity index (χ3n) is 2.59. The van der Waals surface area contributed by atoms with Gasteiger partial charge in [-0.3, -0.25) is 4.79 Å². The Balaban J connectivity index is 2.71. The summed E-state index contributed by atoms with van der Waals surface area (Å²) in [4.78, 5) is 22.0. The van der Waals surface area contributed by atoms with Crippen molar-refractivity contribution in [3.8, 4) is 11.1 Å². The monoisotopic (exact) mass is 244 g/mol. The minimum absolute atomic E-state index is 0.163. The van der Waals surface area contributed by atoms with Crippen molar-refractivity contribution >= 4 is 12.3 Å². The van der Waals surface area contributed by atoms with Crippen LogP contribution < -0.4 is 0 Å². The highest BCUT2D eigenvalue weighted by molar-refractivity contribution is 5.99. The number of halogens is 1. The van der Waals surface area contributed by atoms with Gasteiger partial charge >= 0.3 is 5.97 Å². The Hall–Kier alpha value is -2.49. The molecule has 0 amide bonds. The molecular weight excluding hydrogens is 235 g/mol. The molecule has 0 radical (unpaired) electrons. The molecule has 0 heterocycles. The molecule has 0 saturated heterocycles. The van der Waals surface area contributed by atoms with Gasteiger partial charge in [-0.05, 0) is 23.3 Å². The average molecular weight is 244 g/mol. The van der Waals surface area contributed by atoms with Crippen molar-refractivity contribution in [1.82, 2.24) is 0 Å². The summed E-state index contributed by atoms with van der Waals surface area (Å²) in [6.45, 7) is 0. The number of carbonyl (C=O) groups is 2. The topological polar surface area (TPSA) is 54.4 Å². The lowest BCUT2D eigenvalue weighted by atomic mass is 9.96. The fourth-order valence-corrected chi connectivity index (χ4v) is 1.77. The van der Waals surface area contributed by atoms with Crippen LogP contribution in [0.15, 0.2) is 42.5 Å². The minimum atomic E-state index is -1.23. The molecule has 2 aromatic carbocycles. The van der Waals surface area contributed by atoms with Crippen molar-refractivity contribution < 1.29 is 19.1 Å². The van der Waals surface area contributed by atoms with Crippen LogP contribution in [0.5, 0.6) is 0 Å². The molecule has 2 rings (SSSR count). The van der Waals surface area contributed by atoms with Crippen LogP contribution in [0.25, 0.3) is 11.1 Å². The predicted molar refractivity (Wildman–Crippen MR) is 64.2 cm³/mol. The average Bonchev–Trinajstić information content (AvgIpc) is 2.38. The van der Waals surface area contributed by atoms with Gasteiger partial charge in [0.1, 0.15) is 5.82 Å². The van der Waals surface area contributed by atoms with E-state index < -0.39 is 11.8 Å². The van der Waals surface area contributed by atoms with Crippen molar-refractivity contribution in [2.75, 3.05) is 0 Å². The third kappa shape index (κ3) is 2.13. The van der Waals surface area contributed by atoms with Crippen LogP contribution in [0.2, 0.25) is 0 Å². The summed E-state index contributed by atoms with van der Waals surface area (Å²) in [5, 5.41) is 9.06. The first kappa shape index (κ1) is 12.0. The molecule has 0 atom stereocenters. The zero-order chi connectivity index (χ0) is 13.1. The molecule has 4 heteroatoms. The van der Waals surface area contributed by atoms with Crippen molar-refractivity contribution in [2.45, 2.75) is 0 Å². The van der Waals surface area contributed by atoms with Gasteiger partial charge in [-0.1, -0.05) is 30.3 Å². The normalized spacial score (nSPS) is 10.1. The van der Waals surface area contributed by atoms with Crippen molar-refractivity contribution in [2.24, 2.45) is 0 Å². The summed E-state index contributed by atoms with van der Waals surface area (Å²) in [6, 6.07) is 10.1. The van der Waals surface area contributed by atoms with E-state index in [0.29, 0.717) is 23.0 Å². The Labute approximate surface area is 103 Å². The Morgan fingerprint density at radius 2 is 1.83 bits per heavy atom. The van der Waals surface area contributed by atoms with Crippen LogP contribution in [-0.2, 0) is 0 Å². The molecule has 1 N–H and O–H groups in total. The van der Waals surface area contributed by atoms with Crippen LogP contribution in [0, 0.1) is 5.82 Å². The summed E-state index contributed by atoms with van der Waals surface area (Å²) >= 11 is 0. The number of hydrogen-bond donors (Lipinski definition) is 1. The third-order valence-corrected chi connectivity index (χ3v) is 2.59. The molecular formula is C14H9FO3. The molecule has 0 aliphatic carbocycles. The largest absolute Gasteiger partial charge is 0.478 e. The molecule has 0 unspecified atom stereocenters. The molecule has 0 aliphatic rings. The van der Waals surface area contributed by atoms with Crippen molar-refractivity contribution in [3.05, 3.63) is 59.4 Å². The van der Waals surface area contributed by atoms with E-state index in [1.54, 1.807) is 24.3 Å². The maximum atomic E-state index is 13.1. The van der Waals surface area contributed by atoms with Gasteiger partial charge in [0.2, 0.25) is 0 Å². The zero-order valence-electron chi connectivity index (χ0n) is 9.26. The molecule has 0 fully saturated rings. The maximum absolute atomic E-state index is 13.1. The first-order valence-corrected chi connectivity index (χ1v) is 5.21. The van der Waals surface area contributed by atoms with Crippen LogP contribution in [0.4, 0.5) is 4.39 Å². The first-order valence-electron chi connectivity index (χ1n) is 5.21. The number of aldehydes is 1. The van der Waals surface area contributed by atoms with Crippen LogP contribution in [0.3, 0.4) is 0 Å². The van der Waals surface area contributed by atoms with E-state index in [4.69, 9.17) is 5.11 Å². The van der Waals surface area contributed by atoms with E-state index in [-0.39, 0.29) is 5.56 Å². The lowest BCUT2D eigenvalue weighted by Gasteiger charge is -2.08. The van der Waals surface area contributed by atoms with E-state index in [1.807, 2.05) is 0 Å². The number of hydrogen-bond acceptors (Lipinski definition) is 2. The van der Waals surface area contributed by atoms with Gasteiger partial charge in [0.05, 0.1) is 5.56 Å². The molecule has 90 valence electrons. The molecule has 0 saturated carbocycles. The second-order valence-electron chi connectivity index (χ2n) is 3.70. The van der Waals surface area contributed by atoms with E-state index in [9.17, 15) is 14.0 Å². The number of carboxylic acids is 1. The quantitative estimate of drug-likeness (QED) is 0.844. The molecule has 3 nitrogen and oxygen atoms in total. The highest BCUT2D eigenvalue weighted by atomic mass is 19.1. The Bertz CT molecular complexity index is 620. The number of rotatable bonds is 3. The molecule has 0 spiro atoms. The zero-order valence-corrected chi connectivity index (χ0v) is 9.26. The summed E-state index contributed by atoms with van der Waals surface area (Å²) in [5.74, 6) is -1.86. The highest BCUT2D eigenvalue weighted by Crippen LogP contribution is 2.27. The molecule has 0 aliphatic heterocycles. The van der Waals surface area contributed by atoms with Crippen LogP contribution in [0.1, 0.15) is 20.7 Å².